The van der Waals surface area contributed by atoms with Crippen molar-refractivity contribution in [3.8, 4) is 0 Å². The van der Waals surface area contributed by atoms with Crippen molar-refractivity contribution < 1.29 is 31.8 Å². The molecule has 0 saturated heterocycles. The van der Waals surface area contributed by atoms with E-state index >= 15 is 0 Å². The number of hydrogen-bond donors (Lipinski definition) is 2. The van der Waals surface area contributed by atoms with Crippen LogP contribution in [0.1, 0.15) is 0 Å². The molecule has 0 heterocycles. The molecular weight excluding hydrogens is 187 g/mol. The summed E-state index contributed by atoms with van der Waals surface area (Å²) < 4.78 is 31.7. The van der Waals surface area contributed by atoms with Crippen LogP contribution in [0.15, 0.2) is 23.1 Å². The number of rotatable bonds is 1. The predicted octanol–water partition coefficient (Wildman–Crippen LogP) is -3.24. The van der Waals surface area contributed by atoms with Gasteiger partial charge < -0.3 is 16.0 Å². The second-order valence-electron chi connectivity index (χ2n) is 2.22. The van der Waals surface area contributed by atoms with Gasteiger partial charge in [0, 0.05) is 0 Å². The predicted molar refractivity (Wildman–Crippen MR) is 43.2 cm³/mol. The van der Waals surface area contributed by atoms with Crippen molar-refractivity contribution in [3.63, 3.8) is 0 Å². The van der Waals surface area contributed by atoms with Gasteiger partial charge >= 0.3 is 18.9 Å². The molecule has 0 radical (unpaired) electrons. The molecule has 0 fully saturated rings. The van der Waals surface area contributed by atoms with Crippen LogP contribution in [0.25, 0.3) is 0 Å². The number of nitrogen functional groups attached to an aromatic ring is 2. The van der Waals surface area contributed by atoms with Gasteiger partial charge in [0.05, 0.1) is 11.4 Å². The van der Waals surface area contributed by atoms with E-state index in [1.165, 1.54) is 18.2 Å². The first-order valence-corrected chi connectivity index (χ1v) is 4.43. The Hall–Kier alpha value is -0.673. The Morgan fingerprint density at radius 1 is 1.15 bits per heavy atom. The van der Waals surface area contributed by atoms with Crippen molar-refractivity contribution in [1.29, 1.82) is 0 Å². The van der Waals surface area contributed by atoms with E-state index in [1.54, 1.807) is 0 Å². The third-order valence-electron chi connectivity index (χ3n) is 1.33. The Morgan fingerprint density at radius 3 is 1.77 bits per heavy atom. The molecule has 0 aromatic heterocycles. The van der Waals surface area contributed by atoms with Crippen LogP contribution in [-0.4, -0.2) is 13.0 Å². The van der Waals surface area contributed by atoms with E-state index in [0.29, 0.717) is 0 Å². The number of nitrogens with two attached hydrogens (primary N) is 2. The maximum atomic E-state index is 10.6. The summed E-state index contributed by atoms with van der Waals surface area (Å²) >= 11 is 0. The summed E-state index contributed by atoms with van der Waals surface area (Å²) in [6, 6.07) is 4.08. The van der Waals surface area contributed by atoms with Crippen LogP contribution >= 0.6 is 0 Å². The molecule has 0 spiro atoms. The minimum atomic E-state index is -4.56. The molecule has 7 heteroatoms. The summed E-state index contributed by atoms with van der Waals surface area (Å²) in [7, 11) is -4.56. The van der Waals surface area contributed by atoms with Gasteiger partial charge in [-0.1, -0.05) is 6.07 Å². The summed E-state index contributed by atoms with van der Waals surface area (Å²) in [4.78, 5) is -0.537. The van der Waals surface area contributed by atoms with Crippen LogP contribution < -0.4 is 30.3 Å². The summed E-state index contributed by atoms with van der Waals surface area (Å²) in [5, 5.41) is 0. The molecule has 0 aliphatic carbocycles. The molecule has 0 atom stereocenters. The zero-order valence-electron chi connectivity index (χ0n) is 7.02. The van der Waals surface area contributed by atoms with Gasteiger partial charge in [-0.05, 0) is 12.1 Å². The third kappa shape index (κ3) is 2.64. The van der Waals surface area contributed by atoms with Gasteiger partial charge in [0.2, 0.25) is 0 Å². The molecule has 0 aliphatic heterocycles. The van der Waals surface area contributed by atoms with E-state index < -0.39 is 15.0 Å². The van der Waals surface area contributed by atoms with Crippen molar-refractivity contribution in [1.82, 2.24) is 0 Å². The van der Waals surface area contributed by atoms with Crippen LogP contribution in [0.5, 0.6) is 0 Å². The second-order valence-corrected chi connectivity index (χ2v) is 3.54. The Kier molecular flexibility index (Phi) is 3.82. The second kappa shape index (κ2) is 4.02. The zero-order chi connectivity index (χ0) is 9.35. The first-order valence-electron chi connectivity index (χ1n) is 3.03. The Labute approximate surface area is 88.0 Å². The third-order valence-corrected chi connectivity index (χ3v) is 2.30. The van der Waals surface area contributed by atoms with Crippen molar-refractivity contribution in [2.45, 2.75) is 4.90 Å². The van der Waals surface area contributed by atoms with Gasteiger partial charge in [-0.2, -0.15) is 0 Å². The molecule has 66 valence electrons. The largest absolute Gasteiger partial charge is 1.00 e. The van der Waals surface area contributed by atoms with Crippen LogP contribution in [0.3, 0.4) is 0 Å². The Morgan fingerprint density at radius 2 is 1.54 bits per heavy atom. The SMILES string of the molecule is Nc1cccc(N)c1S(=O)(=O)[O-].[Li+]. The topological polar surface area (TPSA) is 109 Å². The molecule has 0 amide bonds. The van der Waals surface area contributed by atoms with Gasteiger partial charge in [0.1, 0.15) is 15.0 Å². The zero-order valence-corrected chi connectivity index (χ0v) is 7.84. The summed E-state index contributed by atoms with van der Waals surface area (Å²) in [5.41, 5.74) is 10.3. The van der Waals surface area contributed by atoms with Crippen LogP contribution in [0.2, 0.25) is 0 Å². The summed E-state index contributed by atoms with van der Waals surface area (Å²) in [5.74, 6) is 0. The average Bonchev–Trinajstić information content (AvgIpc) is 1.82. The summed E-state index contributed by atoms with van der Waals surface area (Å²) in [6.45, 7) is 0. The van der Waals surface area contributed by atoms with Crippen LogP contribution in [-0.2, 0) is 10.1 Å². The van der Waals surface area contributed by atoms with E-state index in [1.807, 2.05) is 0 Å². The van der Waals surface area contributed by atoms with Crippen molar-refractivity contribution >= 4 is 21.5 Å². The molecule has 4 N–H and O–H groups in total. The van der Waals surface area contributed by atoms with E-state index in [9.17, 15) is 13.0 Å². The maximum Gasteiger partial charge on any atom is 1.00 e. The fraction of sp³-hybridized carbons (Fsp3) is 0. The maximum absolute atomic E-state index is 10.6. The van der Waals surface area contributed by atoms with E-state index in [4.69, 9.17) is 11.5 Å². The fourth-order valence-corrected chi connectivity index (χ4v) is 1.58. The molecule has 1 aromatic carbocycles. The molecular formula is C6H7LiN2O3S. The van der Waals surface area contributed by atoms with Crippen LogP contribution in [0, 0.1) is 0 Å². The van der Waals surface area contributed by atoms with Gasteiger partial charge in [-0.3, -0.25) is 0 Å². The molecule has 13 heavy (non-hydrogen) atoms. The summed E-state index contributed by atoms with van der Waals surface area (Å²) in [6.07, 6.45) is 0. The minimum Gasteiger partial charge on any atom is -0.744 e. The molecule has 5 nitrogen and oxygen atoms in total. The monoisotopic (exact) mass is 194 g/mol. The standard InChI is InChI=1S/C6H8N2O3S.Li/c7-4-2-1-3-5(8)6(4)12(9,10)11;/h1-3H,7-8H2,(H,9,10,11);/q;+1/p-1. The minimum absolute atomic E-state index is 0. The van der Waals surface area contributed by atoms with Crippen molar-refractivity contribution in [3.05, 3.63) is 18.2 Å². The van der Waals surface area contributed by atoms with Gasteiger partial charge in [-0.15, -0.1) is 0 Å². The van der Waals surface area contributed by atoms with Gasteiger partial charge in [0.25, 0.3) is 0 Å². The molecule has 0 unspecified atom stereocenters. The molecule has 0 aliphatic rings. The number of hydrogen-bond acceptors (Lipinski definition) is 5. The van der Waals surface area contributed by atoms with E-state index in [-0.39, 0.29) is 30.2 Å². The van der Waals surface area contributed by atoms with Crippen molar-refractivity contribution in [2.24, 2.45) is 0 Å². The Balaban J connectivity index is 0.00000144. The van der Waals surface area contributed by atoms with E-state index in [0.717, 1.165) is 0 Å². The molecule has 0 saturated carbocycles. The van der Waals surface area contributed by atoms with E-state index in [2.05, 4.69) is 0 Å². The van der Waals surface area contributed by atoms with Gasteiger partial charge in [-0.25, -0.2) is 8.42 Å². The molecule has 1 aromatic rings. The van der Waals surface area contributed by atoms with Gasteiger partial charge in [0.15, 0.2) is 0 Å². The van der Waals surface area contributed by atoms with Crippen LogP contribution in [0.4, 0.5) is 11.4 Å². The smallest absolute Gasteiger partial charge is 0.744 e. The average molecular weight is 194 g/mol. The first-order chi connectivity index (χ1) is 5.43. The fourth-order valence-electron chi connectivity index (χ4n) is 0.862. The van der Waals surface area contributed by atoms with Crippen molar-refractivity contribution in [2.75, 3.05) is 11.5 Å². The molecule has 1 rings (SSSR count). The molecule has 0 bridgehead atoms. The number of anilines is 2. The quantitative estimate of drug-likeness (QED) is 0.277. The first kappa shape index (κ1) is 12.3. The Bertz CT molecular complexity index is 384. The normalized spacial score (nSPS) is 10.5. The number of benzene rings is 1.